The van der Waals surface area contributed by atoms with Gasteiger partial charge in [0.05, 0.1) is 17.6 Å². The van der Waals surface area contributed by atoms with Crippen LogP contribution in [0.1, 0.15) is 50.6 Å². The number of hydrogen-bond donors (Lipinski definition) is 3. The van der Waals surface area contributed by atoms with Crippen molar-refractivity contribution in [2.45, 2.75) is 65.6 Å². The highest BCUT2D eigenvalue weighted by atomic mass is 16.6. The van der Waals surface area contributed by atoms with Crippen LogP contribution in [0.15, 0.2) is 30.3 Å². The molecule has 0 atom stereocenters. The van der Waals surface area contributed by atoms with Gasteiger partial charge < -0.3 is 29.9 Å². The third kappa shape index (κ3) is 6.46. The van der Waals surface area contributed by atoms with Crippen LogP contribution in [0.25, 0.3) is 11.0 Å². The molecule has 3 aromatic rings. The van der Waals surface area contributed by atoms with Gasteiger partial charge in [0.15, 0.2) is 0 Å². The molecule has 0 aliphatic carbocycles. The smallest absolute Gasteiger partial charge is 0.407 e. The molecule has 1 saturated heterocycles. The number of alkyl carbamates (subject to hydrolysis) is 1. The Morgan fingerprint density at radius 2 is 1.89 bits per heavy atom. The van der Waals surface area contributed by atoms with Crippen molar-refractivity contribution < 1.29 is 14.6 Å². The van der Waals surface area contributed by atoms with E-state index in [1.807, 2.05) is 39.8 Å². The second-order valence-corrected chi connectivity index (χ2v) is 10.6. The number of carbonyl (C=O) groups is 1. The number of ether oxygens (including phenoxy) is 1. The summed E-state index contributed by atoms with van der Waals surface area (Å²) in [5.74, 6) is 0.987. The van der Waals surface area contributed by atoms with Gasteiger partial charge in [-0.25, -0.2) is 9.78 Å². The minimum absolute atomic E-state index is 0.189. The van der Waals surface area contributed by atoms with Gasteiger partial charge in [0.1, 0.15) is 17.0 Å². The predicted molar refractivity (Wildman–Crippen MR) is 142 cm³/mol. The molecule has 36 heavy (non-hydrogen) atoms. The van der Waals surface area contributed by atoms with Crippen LogP contribution in [0.5, 0.6) is 5.75 Å². The van der Waals surface area contributed by atoms with E-state index < -0.39 is 5.60 Å². The molecule has 3 heterocycles. The van der Waals surface area contributed by atoms with Crippen molar-refractivity contribution in [2.24, 2.45) is 0 Å². The van der Waals surface area contributed by atoms with Crippen molar-refractivity contribution in [2.75, 3.05) is 31.5 Å². The molecule has 4 rings (SSSR count). The van der Waals surface area contributed by atoms with Crippen LogP contribution in [-0.4, -0.2) is 68.5 Å². The first kappa shape index (κ1) is 25.8. The third-order valence-corrected chi connectivity index (χ3v) is 6.39. The van der Waals surface area contributed by atoms with Gasteiger partial charge in [-0.05, 0) is 71.2 Å². The summed E-state index contributed by atoms with van der Waals surface area (Å²) < 4.78 is 7.42. The maximum absolute atomic E-state index is 11.9. The van der Waals surface area contributed by atoms with Crippen LogP contribution >= 0.6 is 0 Å². The summed E-state index contributed by atoms with van der Waals surface area (Å²) in [4.78, 5) is 23.7. The van der Waals surface area contributed by atoms with Crippen molar-refractivity contribution >= 4 is 23.1 Å². The van der Waals surface area contributed by atoms with E-state index in [0.29, 0.717) is 18.8 Å². The molecule has 3 N–H and O–H groups in total. The van der Waals surface area contributed by atoms with Crippen molar-refractivity contribution in [3.8, 4) is 5.75 Å². The number of nitrogens with zero attached hydrogens (tertiary/aromatic N) is 4. The van der Waals surface area contributed by atoms with Gasteiger partial charge in [0, 0.05) is 37.9 Å². The maximum atomic E-state index is 11.9. The lowest BCUT2D eigenvalue weighted by atomic mass is 10.1. The third-order valence-electron chi connectivity index (χ3n) is 6.39. The van der Waals surface area contributed by atoms with Crippen molar-refractivity contribution in [3.63, 3.8) is 0 Å². The first-order valence-corrected chi connectivity index (χ1v) is 12.7. The van der Waals surface area contributed by atoms with Crippen LogP contribution in [0, 0.1) is 13.8 Å². The van der Waals surface area contributed by atoms with E-state index >= 15 is 0 Å². The molecule has 0 bridgehead atoms. The molecule has 1 amide bonds. The fourth-order valence-corrected chi connectivity index (χ4v) is 4.54. The molecule has 1 aliphatic heterocycles. The number of carbonyl (C=O) groups excluding carboxylic acids is 1. The largest absolute Gasteiger partial charge is 0.506 e. The Morgan fingerprint density at radius 1 is 1.14 bits per heavy atom. The molecule has 2 aromatic heterocycles. The number of aryl methyl sites for hydroxylation is 2. The monoisotopic (exact) mass is 494 g/mol. The van der Waals surface area contributed by atoms with E-state index in [9.17, 15) is 9.90 Å². The Labute approximate surface area is 212 Å². The number of likely N-dealkylation sites (tertiary alicyclic amines) is 1. The van der Waals surface area contributed by atoms with Crippen LogP contribution in [-0.2, 0) is 11.3 Å². The number of nitrogens with one attached hydrogen (secondary N) is 2. The molecule has 0 spiro atoms. The number of aromatic hydroxyl groups is 1. The summed E-state index contributed by atoms with van der Waals surface area (Å²) in [6.07, 6.45) is 1.58. The molecule has 1 aromatic carbocycles. The lowest BCUT2D eigenvalue weighted by Gasteiger charge is -2.32. The van der Waals surface area contributed by atoms with Crippen molar-refractivity contribution in [3.05, 3.63) is 47.3 Å². The number of amides is 1. The van der Waals surface area contributed by atoms with Gasteiger partial charge >= 0.3 is 6.09 Å². The summed E-state index contributed by atoms with van der Waals surface area (Å²) >= 11 is 0. The Hall–Kier alpha value is -3.33. The molecular formula is C27H38N6O3. The Bertz CT molecular complexity index is 1210. The molecule has 0 radical (unpaired) electrons. The average Bonchev–Trinajstić information content (AvgIpc) is 3.14. The number of rotatable bonds is 7. The van der Waals surface area contributed by atoms with E-state index in [-0.39, 0.29) is 17.9 Å². The van der Waals surface area contributed by atoms with Gasteiger partial charge in [0.25, 0.3) is 0 Å². The Morgan fingerprint density at radius 3 is 2.61 bits per heavy atom. The number of para-hydroxylation sites is 1. The molecule has 1 fully saturated rings. The molecule has 9 nitrogen and oxygen atoms in total. The normalized spacial score (nSPS) is 15.2. The van der Waals surface area contributed by atoms with Gasteiger partial charge in [-0.3, -0.25) is 4.98 Å². The van der Waals surface area contributed by atoms with Gasteiger partial charge in [-0.1, -0.05) is 12.1 Å². The van der Waals surface area contributed by atoms with E-state index in [1.165, 1.54) is 0 Å². The standard InChI is InChI=1S/C27H38N6O3/c1-18-7-6-8-22-24(18)31-25(33(22)17-21-23(34)10-9-19(2)29-21)30-20-11-14-32(15-12-20)16-13-28-26(35)36-27(3,4)5/h6-10,20,34H,11-17H2,1-5H3,(H,28,35)(H,30,31). The number of benzene rings is 1. The van der Waals surface area contributed by atoms with Crippen LogP contribution in [0.2, 0.25) is 0 Å². The molecular weight excluding hydrogens is 456 g/mol. The quantitative estimate of drug-likeness (QED) is 0.452. The topological polar surface area (TPSA) is 105 Å². The number of piperidine rings is 1. The number of pyridine rings is 1. The second-order valence-electron chi connectivity index (χ2n) is 10.6. The van der Waals surface area contributed by atoms with E-state index in [2.05, 4.69) is 44.1 Å². The average molecular weight is 495 g/mol. The number of imidazole rings is 1. The molecule has 9 heteroatoms. The van der Waals surface area contributed by atoms with Gasteiger partial charge in [0.2, 0.25) is 5.95 Å². The Balaban J connectivity index is 1.39. The lowest BCUT2D eigenvalue weighted by Crippen LogP contribution is -2.43. The highest BCUT2D eigenvalue weighted by Crippen LogP contribution is 2.27. The van der Waals surface area contributed by atoms with Crippen LogP contribution in [0.3, 0.4) is 0 Å². The summed E-state index contributed by atoms with van der Waals surface area (Å²) in [7, 11) is 0. The van der Waals surface area contributed by atoms with Crippen molar-refractivity contribution in [1.29, 1.82) is 0 Å². The highest BCUT2D eigenvalue weighted by Gasteiger charge is 2.23. The fourth-order valence-electron chi connectivity index (χ4n) is 4.54. The number of hydrogen-bond acceptors (Lipinski definition) is 7. The zero-order chi connectivity index (χ0) is 25.9. The van der Waals surface area contributed by atoms with Gasteiger partial charge in [-0.2, -0.15) is 0 Å². The summed E-state index contributed by atoms with van der Waals surface area (Å²) in [5.41, 5.74) is 4.10. The van der Waals surface area contributed by atoms with Crippen LogP contribution < -0.4 is 10.6 Å². The minimum Gasteiger partial charge on any atom is -0.506 e. The number of aromatic nitrogens is 3. The lowest BCUT2D eigenvalue weighted by molar-refractivity contribution is 0.0520. The molecule has 194 valence electrons. The van der Waals surface area contributed by atoms with Crippen molar-refractivity contribution in [1.82, 2.24) is 24.8 Å². The van der Waals surface area contributed by atoms with E-state index in [0.717, 1.165) is 60.7 Å². The number of fused-ring (bicyclic) bond motifs is 1. The number of anilines is 1. The maximum Gasteiger partial charge on any atom is 0.407 e. The predicted octanol–water partition coefficient (Wildman–Crippen LogP) is 4.20. The Kier molecular flexibility index (Phi) is 7.68. The second kappa shape index (κ2) is 10.7. The zero-order valence-corrected chi connectivity index (χ0v) is 22.0. The molecule has 1 aliphatic rings. The highest BCUT2D eigenvalue weighted by molar-refractivity contribution is 5.82. The SMILES string of the molecule is Cc1ccc(O)c(Cn2c(NC3CCN(CCNC(=O)OC(C)(C)C)CC3)nc3c(C)cccc32)n1. The fraction of sp³-hybridized carbons (Fsp3) is 0.519. The van der Waals surface area contributed by atoms with E-state index in [4.69, 9.17) is 9.72 Å². The zero-order valence-electron chi connectivity index (χ0n) is 22.0. The summed E-state index contributed by atoms with van der Waals surface area (Å²) in [6, 6.07) is 9.96. The molecule has 0 saturated carbocycles. The molecule has 0 unspecified atom stereocenters. The first-order valence-electron chi connectivity index (χ1n) is 12.7. The first-order chi connectivity index (χ1) is 17.1. The summed E-state index contributed by atoms with van der Waals surface area (Å²) in [6.45, 7) is 13.2. The van der Waals surface area contributed by atoms with E-state index in [1.54, 1.807) is 6.07 Å². The minimum atomic E-state index is -0.489. The van der Waals surface area contributed by atoms with Gasteiger partial charge in [-0.15, -0.1) is 0 Å². The van der Waals surface area contributed by atoms with Crippen LogP contribution in [0.4, 0.5) is 10.7 Å². The summed E-state index contributed by atoms with van der Waals surface area (Å²) in [5, 5.41) is 16.9.